The molecule has 5 heterocycles. The van der Waals surface area contributed by atoms with Crippen molar-refractivity contribution >= 4 is 11.5 Å². The molecule has 0 bridgehead atoms. The lowest BCUT2D eigenvalue weighted by molar-refractivity contribution is 0.109. The Kier molecular flexibility index (Phi) is 4.97. The lowest BCUT2D eigenvalue weighted by Crippen LogP contribution is -2.44. The minimum absolute atomic E-state index is 0.325. The second-order valence-electron chi connectivity index (χ2n) is 8.35. The number of aromatic nitrogens is 3. The Morgan fingerprint density at radius 2 is 1.86 bits per heavy atom. The highest BCUT2D eigenvalue weighted by Gasteiger charge is 2.32. The first-order chi connectivity index (χ1) is 14.2. The quantitative estimate of drug-likeness (QED) is 0.743. The van der Waals surface area contributed by atoms with E-state index in [9.17, 15) is 0 Å². The van der Waals surface area contributed by atoms with Crippen molar-refractivity contribution in [3.05, 3.63) is 59.7 Å². The molecule has 3 aromatic heterocycles. The SMILES string of the molecule is Cc1cccnc1C1CCCC(c2cn3c(N4CCNCC4)cccc3n2)N1C. The summed E-state index contributed by atoms with van der Waals surface area (Å²) in [4.78, 5) is 14.7. The van der Waals surface area contributed by atoms with E-state index in [1.165, 1.54) is 29.2 Å². The van der Waals surface area contributed by atoms with Crippen molar-refractivity contribution in [1.82, 2.24) is 24.6 Å². The molecule has 2 saturated heterocycles. The number of pyridine rings is 2. The van der Waals surface area contributed by atoms with Gasteiger partial charge in [0.05, 0.1) is 23.5 Å². The minimum Gasteiger partial charge on any atom is -0.355 e. The van der Waals surface area contributed by atoms with Crippen LogP contribution in [0.3, 0.4) is 0 Å². The largest absolute Gasteiger partial charge is 0.355 e. The zero-order valence-electron chi connectivity index (χ0n) is 17.4. The van der Waals surface area contributed by atoms with Gasteiger partial charge in [0.25, 0.3) is 0 Å². The van der Waals surface area contributed by atoms with E-state index in [0.29, 0.717) is 12.1 Å². The van der Waals surface area contributed by atoms with E-state index in [4.69, 9.17) is 9.97 Å². The Balaban J connectivity index is 1.48. The minimum atomic E-state index is 0.325. The Bertz CT molecular complexity index is 990. The fourth-order valence-electron chi connectivity index (χ4n) is 4.99. The number of hydrogen-bond acceptors (Lipinski definition) is 5. The summed E-state index contributed by atoms with van der Waals surface area (Å²) in [7, 11) is 2.24. The summed E-state index contributed by atoms with van der Waals surface area (Å²) >= 11 is 0. The second kappa shape index (κ2) is 7.76. The molecule has 0 aliphatic carbocycles. The zero-order chi connectivity index (χ0) is 19.8. The van der Waals surface area contributed by atoms with Gasteiger partial charge < -0.3 is 10.2 Å². The molecular weight excluding hydrogens is 360 g/mol. The van der Waals surface area contributed by atoms with Gasteiger partial charge in [-0.25, -0.2) is 4.98 Å². The molecule has 2 atom stereocenters. The summed E-state index contributed by atoms with van der Waals surface area (Å²) in [5.41, 5.74) is 4.71. The van der Waals surface area contributed by atoms with Gasteiger partial charge in [-0.15, -0.1) is 0 Å². The third-order valence-electron chi connectivity index (χ3n) is 6.58. The van der Waals surface area contributed by atoms with Crippen LogP contribution in [0, 0.1) is 6.92 Å². The lowest BCUT2D eigenvalue weighted by atomic mass is 9.91. The van der Waals surface area contributed by atoms with Gasteiger partial charge >= 0.3 is 0 Å². The van der Waals surface area contributed by atoms with Crippen LogP contribution in [0.4, 0.5) is 5.82 Å². The Labute approximate surface area is 172 Å². The maximum atomic E-state index is 5.05. The van der Waals surface area contributed by atoms with E-state index < -0.39 is 0 Å². The van der Waals surface area contributed by atoms with E-state index in [0.717, 1.165) is 44.7 Å². The van der Waals surface area contributed by atoms with Gasteiger partial charge in [-0.1, -0.05) is 12.1 Å². The standard InChI is InChI=1S/C23H30N6/c1-17-6-5-11-25-23(17)20-8-3-7-19(27(20)2)18-16-29-21(26-18)9-4-10-22(29)28-14-12-24-13-15-28/h4-6,9-11,16,19-20,24H,3,7-8,12-15H2,1-2H3. The molecule has 0 saturated carbocycles. The van der Waals surface area contributed by atoms with E-state index in [-0.39, 0.29) is 0 Å². The van der Waals surface area contributed by atoms with E-state index in [1.807, 2.05) is 12.3 Å². The smallest absolute Gasteiger partial charge is 0.138 e. The van der Waals surface area contributed by atoms with Crippen molar-refractivity contribution in [3.8, 4) is 0 Å². The lowest BCUT2D eigenvalue weighted by Gasteiger charge is -2.39. The van der Waals surface area contributed by atoms with Gasteiger partial charge in [0.1, 0.15) is 11.5 Å². The van der Waals surface area contributed by atoms with Crippen LogP contribution in [0.25, 0.3) is 5.65 Å². The van der Waals surface area contributed by atoms with Crippen molar-refractivity contribution in [2.24, 2.45) is 0 Å². The number of imidazole rings is 1. The van der Waals surface area contributed by atoms with Crippen LogP contribution in [0.2, 0.25) is 0 Å². The van der Waals surface area contributed by atoms with Gasteiger partial charge in [0.2, 0.25) is 0 Å². The molecule has 29 heavy (non-hydrogen) atoms. The third kappa shape index (κ3) is 3.40. The van der Waals surface area contributed by atoms with Crippen molar-refractivity contribution in [2.45, 2.75) is 38.3 Å². The van der Waals surface area contributed by atoms with Crippen LogP contribution in [0.1, 0.15) is 48.3 Å². The summed E-state index contributed by atoms with van der Waals surface area (Å²) in [6, 6.07) is 11.3. The van der Waals surface area contributed by atoms with Gasteiger partial charge in [-0.2, -0.15) is 0 Å². The molecule has 0 aromatic carbocycles. The Morgan fingerprint density at radius 3 is 2.69 bits per heavy atom. The summed E-state index contributed by atoms with van der Waals surface area (Å²) < 4.78 is 2.28. The van der Waals surface area contributed by atoms with Crippen molar-refractivity contribution < 1.29 is 0 Å². The molecule has 0 amide bonds. The summed E-state index contributed by atoms with van der Waals surface area (Å²) in [5, 5.41) is 3.44. The molecule has 152 valence electrons. The highest BCUT2D eigenvalue weighted by Crippen LogP contribution is 2.40. The summed E-state index contributed by atoms with van der Waals surface area (Å²) in [6.45, 7) is 6.32. The number of anilines is 1. The maximum absolute atomic E-state index is 5.05. The molecule has 2 unspecified atom stereocenters. The molecule has 6 heteroatoms. The maximum Gasteiger partial charge on any atom is 0.138 e. The van der Waals surface area contributed by atoms with E-state index in [1.54, 1.807) is 0 Å². The number of fused-ring (bicyclic) bond motifs is 1. The molecule has 5 rings (SSSR count). The first kappa shape index (κ1) is 18.6. The third-order valence-corrected chi connectivity index (χ3v) is 6.58. The molecule has 1 N–H and O–H groups in total. The zero-order valence-corrected chi connectivity index (χ0v) is 17.4. The fraction of sp³-hybridized carbons (Fsp3) is 0.478. The van der Waals surface area contributed by atoms with Crippen LogP contribution in [-0.4, -0.2) is 52.5 Å². The van der Waals surface area contributed by atoms with Gasteiger partial charge in [-0.05, 0) is 57.0 Å². The molecule has 2 fully saturated rings. The monoisotopic (exact) mass is 390 g/mol. The summed E-state index contributed by atoms with van der Waals surface area (Å²) in [6.07, 6.45) is 7.69. The van der Waals surface area contributed by atoms with E-state index in [2.05, 4.69) is 64.0 Å². The molecule has 0 spiro atoms. The number of hydrogen-bond donors (Lipinski definition) is 1. The van der Waals surface area contributed by atoms with Crippen molar-refractivity contribution in [1.29, 1.82) is 0 Å². The molecule has 0 radical (unpaired) electrons. The predicted molar refractivity (Wildman–Crippen MR) is 116 cm³/mol. The van der Waals surface area contributed by atoms with Gasteiger partial charge in [0.15, 0.2) is 0 Å². The average Bonchev–Trinajstić information content (AvgIpc) is 3.19. The number of piperazine rings is 1. The van der Waals surface area contributed by atoms with Crippen LogP contribution < -0.4 is 10.2 Å². The topological polar surface area (TPSA) is 48.7 Å². The number of piperidine rings is 1. The van der Waals surface area contributed by atoms with Gasteiger partial charge in [0, 0.05) is 38.6 Å². The number of likely N-dealkylation sites (tertiary alicyclic amines) is 1. The van der Waals surface area contributed by atoms with Crippen molar-refractivity contribution in [2.75, 3.05) is 38.1 Å². The second-order valence-corrected chi connectivity index (χ2v) is 8.35. The van der Waals surface area contributed by atoms with Crippen LogP contribution in [-0.2, 0) is 0 Å². The molecule has 2 aliphatic heterocycles. The molecule has 2 aliphatic rings. The highest BCUT2D eigenvalue weighted by atomic mass is 15.3. The number of aryl methyl sites for hydroxylation is 1. The van der Waals surface area contributed by atoms with Crippen LogP contribution in [0.5, 0.6) is 0 Å². The number of nitrogens with zero attached hydrogens (tertiary/aromatic N) is 5. The molecule has 3 aromatic rings. The normalized spacial score (nSPS) is 23.6. The van der Waals surface area contributed by atoms with Crippen LogP contribution >= 0.6 is 0 Å². The Morgan fingerprint density at radius 1 is 1.03 bits per heavy atom. The number of nitrogens with one attached hydrogen (secondary N) is 1. The fourth-order valence-corrected chi connectivity index (χ4v) is 4.99. The molecule has 6 nitrogen and oxygen atoms in total. The van der Waals surface area contributed by atoms with E-state index >= 15 is 0 Å². The number of rotatable bonds is 3. The predicted octanol–water partition coefficient (Wildman–Crippen LogP) is 3.35. The molecular formula is C23H30N6. The van der Waals surface area contributed by atoms with Crippen LogP contribution in [0.15, 0.2) is 42.7 Å². The van der Waals surface area contributed by atoms with Gasteiger partial charge in [-0.3, -0.25) is 14.3 Å². The Hall–Kier alpha value is -2.44. The highest BCUT2D eigenvalue weighted by molar-refractivity contribution is 5.53. The summed E-state index contributed by atoms with van der Waals surface area (Å²) in [5.74, 6) is 1.25. The van der Waals surface area contributed by atoms with Crippen molar-refractivity contribution in [3.63, 3.8) is 0 Å². The first-order valence-corrected chi connectivity index (χ1v) is 10.8. The first-order valence-electron chi connectivity index (χ1n) is 10.8. The average molecular weight is 391 g/mol.